The molecule has 0 saturated heterocycles. The van der Waals surface area contributed by atoms with Crippen molar-refractivity contribution in [2.75, 3.05) is 13.7 Å². The number of nitrogens with one attached hydrogen (secondary N) is 1. The van der Waals surface area contributed by atoms with Gasteiger partial charge in [-0.2, -0.15) is 0 Å². The third kappa shape index (κ3) is 9.11. The number of amides is 1. The minimum Gasteiger partial charge on any atom is -0.467 e. The van der Waals surface area contributed by atoms with E-state index in [1.165, 1.54) is 0 Å². The maximum absolute atomic E-state index is 11.9. The van der Waals surface area contributed by atoms with Crippen molar-refractivity contribution in [2.45, 2.75) is 38.8 Å². The first kappa shape index (κ1) is 17.5. The lowest BCUT2D eigenvalue weighted by Crippen LogP contribution is -2.47. The summed E-state index contributed by atoms with van der Waals surface area (Å²) < 4.78 is 48.1. The lowest BCUT2D eigenvalue weighted by atomic mass is 10.2. The highest BCUT2D eigenvalue weighted by atomic mass is 19.4. The summed E-state index contributed by atoms with van der Waals surface area (Å²) in [5, 5.41) is 1.94. The lowest BCUT2D eigenvalue weighted by molar-refractivity contribution is -0.325. The van der Waals surface area contributed by atoms with Gasteiger partial charge < -0.3 is 14.8 Å². The van der Waals surface area contributed by atoms with E-state index < -0.39 is 36.7 Å². The quantitative estimate of drug-likeness (QED) is 0.795. The first-order valence-corrected chi connectivity index (χ1v) is 5.22. The van der Waals surface area contributed by atoms with Gasteiger partial charge in [-0.05, 0) is 20.8 Å². The van der Waals surface area contributed by atoms with Crippen LogP contribution in [-0.2, 0) is 19.0 Å². The zero-order valence-electron chi connectivity index (χ0n) is 11.0. The number of alkyl halides is 3. The second kappa shape index (κ2) is 6.60. The smallest absolute Gasteiger partial charge is 0.467 e. The molecule has 0 heterocycles. The molecule has 0 aliphatic rings. The van der Waals surface area contributed by atoms with Gasteiger partial charge in [0.15, 0.2) is 6.04 Å². The molecule has 0 aliphatic carbocycles. The molecule has 0 aromatic heterocycles. The fraction of sp³-hybridized carbons (Fsp3) is 0.800. The second-order valence-corrected chi connectivity index (χ2v) is 4.48. The summed E-state index contributed by atoms with van der Waals surface area (Å²) in [6, 6.07) is -1.61. The largest absolute Gasteiger partial charge is 0.522 e. The molecule has 0 aromatic rings. The Bertz CT molecular complexity index is 324. The third-order valence-electron chi connectivity index (χ3n) is 1.59. The van der Waals surface area contributed by atoms with E-state index in [1.807, 2.05) is 5.32 Å². The average Bonchev–Trinajstić information content (AvgIpc) is 2.19. The molecule has 0 fully saturated rings. The van der Waals surface area contributed by atoms with E-state index in [2.05, 4.69) is 9.47 Å². The van der Waals surface area contributed by atoms with Crippen LogP contribution >= 0.6 is 0 Å². The average molecular weight is 287 g/mol. The van der Waals surface area contributed by atoms with Gasteiger partial charge in [-0.25, -0.2) is 9.59 Å². The van der Waals surface area contributed by atoms with E-state index in [0.29, 0.717) is 0 Å². The summed E-state index contributed by atoms with van der Waals surface area (Å²) in [6.07, 6.45) is -5.96. The van der Waals surface area contributed by atoms with Crippen LogP contribution in [0.3, 0.4) is 0 Å². The van der Waals surface area contributed by atoms with E-state index in [-0.39, 0.29) is 0 Å². The van der Waals surface area contributed by atoms with Crippen LogP contribution in [0.1, 0.15) is 20.8 Å². The van der Waals surface area contributed by atoms with Gasteiger partial charge in [0.05, 0.1) is 13.7 Å². The van der Waals surface area contributed by atoms with Gasteiger partial charge in [-0.1, -0.05) is 0 Å². The van der Waals surface area contributed by atoms with Crippen molar-refractivity contribution in [1.82, 2.24) is 5.32 Å². The van der Waals surface area contributed by atoms with Crippen LogP contribution in [0.5, 0.6) is 0 Å². The van der Waals surface area contributed by atoms with Crippen molar-refractivity contribution < 1.29 is 37.0 Å². The Labute approximate surface area is 108 Å². The third-order valence-corrected chi connectivity index (χ3v) is 1.59. The number of hydrogen-bond acceptors (Lipinski definition) is 5. The number of carbonyl (C=O) groups is 2. The Balaban J connectivity index is 4.52. The Morgan fingerprint density at radius 2 is 1.74 bits per heavy atom. The summed E-state index contributed by atoms with van der Waals surface area (Å²) in [5.41, 5.74) is -0.852. The zero-order valence-corrected chi connectivity index (χ0v) is 11.0. The summed E-state index contributed by atoms with van der Waals surface area (Å²) in [7, 11) is 0.972. The maximum atomic E-state index is 11.9. The molecular weight excluding hydrogens is 271 g/mol. The first-order chi connectivity index (χ1) is 8.44. The summed E-state index contributed by atoms with van der Waals surface area (Å²) in [4.78, 5) is 22.5. The highest BCUT2D eigenvalue weighted by Gasteiger charge is 2.33. The maximum Gasteiger partial charge on any atom is 0.522 e. The molecule has 0 aromatic carbocycles. The number of ether oxygens (including phenoxy) is 3. The number of hydrogen-bond donors (Lipinski definition) is 1. The Morgan fingerprint density at radius 1 is 1.21 bits per heavy atom. The zero-order chi connectivity index (χ0) is 15.3. The summed E-state index contributed by atoms with van der Waals surface area (Å²) in [6.45, 7) is 3.58. The van der Waals surface area contributed by atoms with Gasteiger partial charge in [0.1, 0.15) is 5.60 Å². The molecule has 0 bridgehead atoms. The van der Waals surface area contributed by atoms with Gasteiger partial charge in [0, 0.05) is 0 Å². The molecule has 19 heavy (non-hydrogen) atoms. The Hall–Kier alpha value is -1.51. The van der Waals surface area contributed by atoms with E-state index >= 15 is 0 Å². The molecule has 6 nitrogen and oxygen atoms in total. The number of halogens is 3. The number of alkyl carbamates (subject to hydrolysis) is 1. The fourth-order valence-electron chi connectivity index (χ4n) is 0.939. The minimum atomic E-state index is -4.91. The number of methoxy groups -OCH3 is 1. The highest BCUT2D eigenvalue weighted by molar-refractivity contribution is 5.81. The fourth-order valence-corrected chi connectivity index (χ4v) is 0.939. The highest BCUT2D eigenvalue weighted by Crippen LogP contribution is 2.16. The van der Waals surface area contributed by atoms with Crippen molar-refractivity contribution in [3.05, 3.63) is 0 Å². The molecule has 0 saturated carbocycles. The van der Waals surface area contributed by atoms with E-state index in [1.54, 1.807) is 20.8 Å². The monoisotopic (exact) mass is 287 g/mol. The Morgan fingerprint density at radius 3 is 2.11 bits per heavy atom. The van der Waals surface area contributed by atoms with Gasteiger partial charge in [0.2, 0.25) is 0 Å². The molecule has 1 N–H and O–H groups in total. The molecule has 0 radical (unpaired) electrons. The van der Waals surface area contributed by atoms with Crippen LogP contribution in [0.2, 0.25) is 0 Å². The normalized spacial score (nSPS) is 13.6. The molecule has 0 aliphatic heterocycles. The van der Waals surface area contributed by atoms with Gasteiger partial charge in [-0.3, -0.25) is 4.74 Å². The molecule has 0 rings (SSSR count). The van der Waals surface area contributed by atoms with Crippen LogP contribution in [0.15, 0.2) is 0 Å². The second-order valence-electron chi connectivity index (χ2n) is 4.48. The van der Waals surface area contributed by atoms with Crippen molar-refractivity contribution in [3.63, 3.8) is 0 Å². The van der Waals surface area contributed by atoms with Crippen LogP contribution in [-0.4, -0.2) is 43.8 Å². The number of esters is 1. The molecule has 9 heteroatoms. The predicted molar refractivity (Wildman–Crippen MR) is 57.2 cm³/mol. The SMILES string of the molecule is COC(=O)[C@H](COC(F)(F)F)NC(=O)OC(C)(C)C. The van der Waals surface area contributed by atoms with E-state index in [0.717, 1.165) is 7.11 Å². The topological polar surface area (TPSA) is 73.9 Å². The number of rotatable bonds is 4. The molecule has 112 valence electrons. The van der Waals surface area contributed by atoms with Gasteiger partial charge in [-0.15, -0.1) is 13.2 Å². The molecule has 1 atom stereocenters. The van der Waals surface area contributed by atoms with Crippen LogP contribution in [0.4, 0.5) is 18.0 Å². The molecule has 0 spiro atoms. The molecule has 1 amide bonds. The van der Waals surface area contributed by atoms with Crippen molar-refractivity contribution in [3.8, 4) is 0 Å². The standard InChI is InChI=1S/C10H16F3NO5/c1-9(2,3)19-8(16)14-6(7(15)17-4)5-18-10(11,12)13/h6H,5H2,1-4H3,(H,14,16)/t6-/m0/s1. The Kier molecular flexibility index (Phi) is 6.07. The first-order valence-electron chi connectivity index (χ1n) is 5.22. The van der Waals surface area contributed by atoms with E-state index in [4.69, 9.17) is 4.74 Å². The molecular formula is C10H16F3NO5. The number of carbonyl (C=O) groups excluding carboxylic acids is 2. The minimum absolute atomic E-state index is 0.852. The van der Waals surface area contributed by atoms with Crippen molar-refractivity contribution >= 4 is 12.1 Å². The van der Waals surface area contributed by atoms with E-state index in [9.17, 15) is 22.8 Å². The van der Waals surface area contributed by atoms with Gasteiger partial charge >= 0.3 is 18.4 Å². The summed E-state index contributed by atoms with van der Waals surface area (Å²) in [5.74, 6) is -1.07. The van der Waals surface area contributed by atoms with Crippen molar-refractivity contribution in [2.24, 2.45) is 0 Å². The van der Waals surface area contributed by atoms with Crippen molar-refractivity contribution in [1.29, 1.82) is 0 Å². The van der Waals surface area contributed by atoms with Gasteiger partial charge in [0.25, 0.3) is 0 Å². The van der Waals surface area contributed by atoms with Crippen LogP contribution < -0.4 is 5.32 Å². The lowest BCUT2D eigenvalue weighted by Gasteiger charge is -2.22. The predicted octanol–water partition coefficient (Wildman–Crippen LogP) is 1.59. The summed E-state index contributed by atoms with van der Waals surface area (Å²) >= 11 is 0. The van der Waals surface area contributed by atoms with Crippen LogP contribution in [0, 0.1) is 0 Å². The van der Waals surface area contributed by atoms with Crippen LogP contribution in [0.25, 0.3) is 0 Å². The molecule has 0 unspecified atom stereocenters.